The molecule has 1 atom stereocenters. The average molecular weight is 232 g/mol. The highest BCUT2D eigenvalue weighted by atomic mass is 15.2. The molecule has 94 valence electrons. The topological polar surface area (TPSA) is 15.3 Å². The van der Waals surface area contributed by atoms with Gasteiger partial charge in [-0.1, -0.05) is 30.3 Å². The monoisotopic (exact) mass is 232 g/mol. The molecule has 1 saturated carbocycles. The molecule has 1 aliphatic carbocycles. The molecule has 0 spiro atoms. The van der Waals surface area contributed by atoms with Gasteiger partial charge in [-0.15, -0.1) is 0 Å². The van der Waals surface area contributed by atoms with E-state index in [1.807, 2.05) is 0 Å². The Kier molecular flexibility index (Phi) is 3.85. The lowest BCUT2D eigenvalue weighted by atomic mass is 9.75. The zero-order valence-corrected chi connectivity index (χ0v) is 11.2. The van der Waals surface area contributed by atoms with Crippen molar-refractivity contribution in [2.75, 3.05) is 20.6 Å². The molecule has 0 aliphatic heterocycles. The Morgan fingerprint density at radius 3 is 2.35 bits per heavy atom. The van der Waals surface area contributed by atoms with Gasteiger partial charge in [0.15, 0.2) is 0 Å². The van der Waals surface area contributed by atoms with Crippen molar-refractivity contribution in [1.29, 1.82) is 0 Å². The first-order valence-electron chi connectivity index (χ1n) is 6.60. The highest BCUT2D eigenvalue weighted by Crippen LogP contribution is 2.35. The average Bonchev–Trinajstić information content (AvgIpc) is 2.28. The Morgan fingerprint density at radius 1 is 1.24 bits per heavy atom. The summed E-state index contributed by atoms with van der Waals surface area (Å²) >= 11 is 0. The summed E-state index contributed by atoms with van der Waals surface area (Å²) in [5, 5.41) is 3.68. The summed E-state index contributed by atoms with van der Waals surface area (Å²) < 4.78 is 0. The molecule has 17 heavy (non-hydrogen) atoms. The minimum Gasteiger partial charge on any atom is -0.308 e. The maximum atomic E-state index is 3.68. The first kappa shape index (κ1) is 12.6. The Balaban J connectivity index is 1.90. The molecule has 0 amide bonds. The Bertz CT molecular complexity index is 341. The van der Waals surface area contributed by atoms with Crippen molar-refractivity contribution in [3.63, 3.8) is 0 Å². The molecule has 2 nitrogen and oxygen atoms in total. The van der Waals surface area contributed by atoms with Crippen LogP contribution in [0.2, 0.25) is 0 Å². The molecule has 1 N–H and O–H groups in total. The van der Waals surface area contributed by atoms with Crippen LogP contribution in [-0.2, 0) is 0 Å². The van der Waals surface area contributed by atoms with Crippen LogP contribution in [0, 0.1) is 0 Å². The summed E-state index contributed by atoms with van der Waals surface area (Å²) in [6, 6.07) is 11.1. The van der Waals surface area contributed by atoms with Crippen LogP contribution < -0.4 is 5.32 Å². The van der Waals surface area contributed by atoms with Gasteiger partial charge in [0.25, 0.3) is 0 Å². The quantitative estimate of drug-likeness (QED) is 0.840. The second kappa shape index (κ2) is 5.19. The minimum absolute atomic E-state index is 0.406. The fraction of sp³-hybridized carbons (Fsp3) is 0.600. The predicted octanol–water partition coefficient (Wildman–Crippen LogP) is 2.82. The van der Waals surface area contributed by atoms with Crippen molar-refractivity contribution in [3.05, 3.63) is 35.9 Å². The molecular weight excluding hydrogens is 208 g/mol. The van der Waals surface area contributed by atoms with E-state index in [2.05, 4.69) is 61.6 Å². The van der Waals surface area contributed by atoms with Gasteiger partial charge in [0.05, 0.1) is 0 Å². The molecular formula is C15H24N2. The molecule has 0 bridgehead atoms. The Hall–Kier alpha value is -0.860. The third-order valence-electron chi connectivity index (χ3n) is 4.27. The summed E-state index contributed by atoms with van der Waals surface area (Å²) in [6.45, 7) is 3.34. The summed E-state index contributed by atoms with van der Waals surface area (Å²) in [5.74, 6) is 0. The van der Waals surface area contributed by atoms with Crippen LogP contribution in [0.15, 0.2) is 30.3 Å². The van der Waals surface area contributed by atoms with Gasteiger partial charge in [-0.25, -0.2) is 0 Å². The van der Waals surface area contributed by atoms with Crippen molar-refractivity contribution in [1.82, 2.24) is 10.2 Å². The molecule has 1 aromatic carbocycles. The van der Waals surface area contributed by atoms with Crippen LogP contribution in [-0.4, -0.2) is 31.1 Å². The van der Waals surface area contributed by atoms with Crippen LogP contribution in [0.3, 0.4) is 0 Å². The van der Waals surface area contributed by atoms with Crippen LogP contribution in [0.1, 0.15) is 37.8 Å². The molecule has 2 heteroatoms. The van der Waals surface area contributed by atoms with Crippen molar-refractivity contribution in [2.24, 2.45) is 0 Å². The first-order valence-corrected chi connectivity index (χ1v) is 6.60. The number of hydrogen-bond acceptors (Lipinski definition) is 2. The van der Waals surface area contributed by atoms with Crippen LogP contribution >= 0.6 is 0 Å². The molecule has 0 heterocycles. The van der Waals surface area contributed by atoms with Crippen molar-refractivity contribution in [2.45, 2.75) is 37.8 Å². The number of nitrogens with zero attached hydrogens (tertiary/aromatic N) is 1. The van der Waals surface area contributed by atoms with E-state index in [1.165, 1.54) is 24.8 Å². The van der Waals surface area contributed by atoms with Gasteiger partial charge in [-0.05, 0) is 45.8 Å². The smallest absolute Gasteiger partial charge is 0.0328 e. The highest BCUT2D eigenvalue weighted by Gasteiger charge is 2.38. The highest BCUT2D eigenvalue weighted by molar-refractivity contribution is 5.18. The van der Waals surface area contributed by atoms with Gasteiger partial charge in [-0.3, -0.25) is 0 Å². The Labute approximate surface area is 105 Å². The maximum absolute atomic E-state index is 3.68. The van der Waals surface area contributed by atoms with Gasteiger partial charge in [0.2, 0.25) is 0 Å². The van der Waals surface area contributed by atoms with E-state index in [1.54, 1.807) is 0 Å². The first-order chi connectivity index (χ1) is 8.14. The molecule has 0 aromatic heterocycles. The number of nitrogens with one attached hydrogen (secondary N) is 1. The number of hydrogen-bond donors (Lipinski definition) is 1. The summed E-state index contributed by atoms with van der Waals surface area (Å²) in [5.41, 5.74) is 1.78. The second-order valence-corrected chi connectivity index (χ2v) is 5.49. The van der Waals surface area contributed by atoms with Gasteiger partial charge < -0.3 is 10.2 Å². The van der Waals surface area contributed by atoms with Crippen LogP contribution in [0.4, 0.5) is 0 Å². The normalized spacial score (nSPS) is 20.0. The third kappa shape index (κ3) is 2.70. The zero-order chi connectivity index (χ0) is 12.3. The van der Waals surface area contributed by atoms with Crippen LogP contribution in [0.5, 0.6) is 0 Å². The largest absolute Gasteiger partial charge is 0.308 e. The zero-order valence-electron chi connectivity index (χ0n) is 11.2. The number of rotatable bonds is 5. The van der Waals surface area contributed by atoms with Crippen molar-refractivity contribution >= 4 is 0 Å². The Morgan fingerprint density at radius 2 is 1.88 bits per heavy atom. The van der Waals surface area contributed by atoms with Gasteiger partial charge >= 0.3 is 0 Å². The van der Waals surface area contributed by atoms with E-state index in [4.69, 9.17) is 0 Å². The number of likely N-dealkylation sites (N-methyl/N-ethyl adjacent to an activating group) is 1. The van der Waals surface area contributed by atoms with Gasteiger partial charge in [0, 0.05) is 18.1 Å². The molecule has 0 radical (unpaired) electrons. The van der Waals surface area contributed by atoms with Gasteiger partial charge in [-0.2, -0.15) is 0 Å². The van der Waals surface area contributed by atoms with E-state index in [-0.39, 0.29) is 0 Å². The lowest BCUT2D eigenvalue weighted by Crippen LogP contribution is -2.56. The van der Waals surface area contributed by atoms with E-state index >= 15 is 0 Å². The lowest BCUT2D eigenvalue weighted by molar-refractivity contribution is 0.0576. The molecule has 0 saturated heterocycles. The van der Waals surface area contributed by atoms with E-state index in [0.29, 0.717) is 11.6 Å². The van der Waals surface area contributed by atoms with Crippen molar-refractivity contribution < 1.29 is 0 Å². The lowest BCUT2D eigenvalue weighted by Gasteiger charge is -2.48. The number of benzene rings is 1. The molecule has 1 aromatic rings. The second-order valence-electron chi connectivity index (χ2n) is 5.49. The fourth-order valence-electron chi connectivity index (χ4n) is 2.57. The fourth-order valence-corrected chi connectivity index (χ4v) is 2.57. The van der Waals surface area contributed by atoms with Crippen molar-refractivity contribution in [3.8, 4) is 0 Å². The third-order valence-corrected chi connectivity index (χ3v) is 4.27. The molecule has 1 unspecified atom stereocenters. The molecule has 1 fully saturated rings. The predicted molar refractivity (Wildman–Crippen MR) is 73.1 cm³/mol. The van der Waals surface area contributed by atoms with Gasteiger partial charge in [0.1, 0.15) is 0 Å². The SMILES string of the molecule is CC(NCC1(N(C)C)CCC1)c1ccccc1. The summed E-state index contributed by atoms with van der Waals surface area (Å²) in [4.78, 5) is 2.39. The maximum Gasteiger partial charge on any atom is 0.0328 e. The van der Waals surface area contributed by atoms with Crippen LogP contribution in [0.25, 0.3) is 0 Å². The van der Waals surface area contributed by atoms with E-state index in [0.717, 1.165) is 6.54 Å². The van der Waals surface area contributed by atoms with E-state index < -0.39 is 0 Å². The summed E-state index contributed by atoms with van der Waals surface area (Å²) in [7, 11) is 4.40. The minimum atomic E-state index is 0.406. The molecule has 1 aliphatic rings. The summed E-state index contributed by atoms with van der Waals surface area (Å²) in [6.07, 6.45) is 4.03. The van der Waals surface area contributed by atoms with E-state index in [9.17, 15) is 0 Å². The molecule has 2 rings (SSSR count). The standard InChI is InChI=1S/C15H24N2/c1-13(14-8-5-4-6-9-14)16-12-15(17(2)3)10-7-11-15/h4-6,8-9,13,16H,7,10-12H2,1-3H3.